The number of rotatable bonds is 3. The number of fused-ring (bicyclic) bond motifs is 1. The number of carbonyl (C=O) groups is 1. The third kappa shape index (κ3) is 3.68. The molecular formula is C19H22N2O4S. The van der Waals surface area contributed by atoms with Crippen molar-refractivity contribution in [3.8, 4) is 0 Å². The minimum Gasteiger partial charge on any atom is -0.457 e. The average molecular weight is 374 g/mol. The Morgan fingerprint density at radius 2 is 1.92 bits per heavy atom. The Balaban J connectivity index is 1.33. The Hall–Kier alpha value is -2.12. The smallest absolute Gasteiger partial charge is 0.246 e. The van der Waals surface area contributed by atoms with Crippen molar-refractivity contribution in [3.05, 3.63) is 42.2 Å². The van der Waals surface area contributed by atoms with E-state index in [9.17, 15) is 13.2 Å². The number of hydrogen-bond donors (Lipinski definition) is 0. The van der Waals surface area contributed by atoms with Crippen LogP contribution in [0.5, 0.6) is 0 Å². The van der Waals surface area contributed by atoms with E-state index in [0.29, 0.717) is 25.3 Å². The summed E-state index contributed by atoms with van der Waals surface area (Å²) in [6.45, 7) is 2.70. The third-order valence-corrected chi connectivity index (χ3v) is 6.94. The van der Waals surface area contributed by atoms with Crippen molar-refractivity contribution >= 4 is 32.8 Å². The topological polar surface area (TPSA) is 70.8 Å². The molecule has 2 aliphatic rings. The second kappa shape index (κ2) is 6.89. The van der Waals surface area contributed by atoms with E-state index in [1.54, 1.807) is 17.1 Å². The Kier molecular flexibility index (Phi) is 4.58. The van der Waals surface area contributed by atoms with Crippen molar-refractivity contribution in [2.45, 2.75) is 12.5 Å². The Labute approximate surface area is 153 Å². The zero-order valence-electron chi connectivity index (χ0n) is 14.5. The highest BCUT2D eigenvalue weighted by molar-refractivity contribution is 7.91. The van der Waals surface area contributed by atoms with Crippen LogP contribution in [0.2, 0.25) is 0 Å². The van der Waals surface area contributed by atoms with Gasteiger partial charge in [-0.3, -0.25) is 9.69 Å². The van der Waals surface area contributed by atoms with Crippen LogP contribution >= 0.6 is 0 Å². The summed E-state index contributed by atoms with van der Waals surface area (Å²) in [5.74, 6) is 1.17. The quantitative estimate of drug-likeness (QED) is 0.766. The number of carbonyl (C=O) groups excluding carboxylic acids is 1. The van der Waals surface area contributed by atoms with Crippen LogP contribution < -0.4 is 0 Å². The number of hydrogen-bond acceptors (Lipinski definition) is 5. The second-order valence-electron chi connectivity index (χ2n) is 6.94. The zero-order valence-corrected chi connectivity index (χ0v) is 15.3. The fourth-order valence-electron chi connectivity index (χ4n) is 3.71. The first-order valence-electron chi connectivity index (χ1n) is 8.90. The zero-order chi connectivity index (χ0) is 18.1. The van der Waals surface area contributed by atoms with E-state index < -0.39 is 9.84 Å². The summed E-state index contributed by atoms with van der Waals surface area (Å²) < 4.78 is 29.0. The summed E-state index contributed by atoms with van der Waals surface area (Å²) in [4.78, 5) is 16.4. The summed E-state index contributed by atoms with van der Waals surface area (Å²) >= 11 is 0. The molecule has 26 heavy (non-hydrogen) atoms. The molecule has 1 atom stereocenters. The fourth-order valence-corrected chi connectivity index (χ4v) is 5.48. The van der Waals surface area contributed by atoms with E-state index >= 15 is 0 Å². The van der Waals surface area contributed by atoms with E-state index in [2.05, 4.69) is 4.90 Å². The van der Waals surface area contributed by atoms with Crippen LogP contribution in [0.4, 0.5) is 0 Å². The number of furan rings is 1. The minimum absolute atomic E-state index is 0.0378. The van der Waals surface area contributed by atoms with Gasteiger partial charge in [0, 0.05) is 43.7 Å². The second-order valence-corrected chi connectivity index (χ2v) is 9.17. The van der Waals surface area contributed by atoms with E-state index in [1.807, 2.05) is 30.3 Å². The van der Waals surface area contributed by atoms with Crippen LogP contribution in [0.15, 0.2) is 40.8 Å². The molecule has 4 rings (SSSR count). The van der Waals surface area contributed by atoms with Gasteiger partial charge >= 0.3 is 0 Å². The SMILES string of the molecule is O=C(/C=C/c1cc2ccccc2o1)N1CCN(C2CCS(=O)(=O)C2)CC1. The fraction of sp³-hybridized carbons (Fsp3) is 0.421. The highest BCUT2D eigenvalue weighted by atomic mass is 32.2. The van der Waals surface area contributed by atoms with Crippen molar-refractivity contribution < 1.29 is 17.6 Å². The van der Waals surface area contributed by atoms with Gasteiger partial charge in [0.15, 0.2) is 9.84 Å². The lowest BCUT2D eigenvalue weighted by molar-refractivity contribution is -0.127. The monoisotopic (exact) mass is 374 g/mol. The van der Waals surface area contributed by atoms with Gasteiger partial charge in [0.1, 0.15) is 11.3 Å². The molecule has 1 amide bonds. The normalized spacial score (nSPS) is 23.8. The van der Waals surface area contributed by atoms with Gasteiger partial charge in [0.25, 0.3) is 0 Å². The molecule has 0 spiro atoms. The van der Waals surface area contributed by atoms with Crippen LogP contribution in [0.1, 0.15) is 12.2 Å². The highest BCUT2D eigenvalue weighted by Gasteiger charge is 2.34. The lowest BCUT2D eigenvalue weighted by atomic mass is 10.2. The Morgan fingerprint density at radius 3 is 2.62 bits per heavy atom. The van der Waals surface area contributed by atoms with Crippen LogP contribution in [-0.2, 0) is 14.6 Å². The van der Waals surface area contributed by atoms with Gasteiger partial charge in [0.05, 0.1) is 11.5 Å². The Bertz CT molecular complexity index is 906. The molecule has 0 N–H and O–H groups in total. The standard InChI is InChI=1S/C19H22N2O4S/c22-19(6-5-17-13-15-3-1-2-4-18(15)25-17)21-10-8-20(9-11-21)16-7-12-26(23,24)14-16/h1-6,13,16H,7-12,14H2/b6-5+. The summed E-state index contributed by atoms with van der Waals surface area (Å²) in [5.41, 5.74) is 0.805. The third-order valence-electron chi connectivity index (χ3n) is 5.19. The van der Waals surface area contributed by atoms with E-state index in [0.717, 1.165) is 24.1 Å². The number of para-hydroxylation sites is 1. The highest BCUT2D eigenvalue weighted by Crippen LogP contribution is 2.21. The first-order valence-corrected chi connectivity index (χ1v) is 10.7. The minimum atomic E-state index is -2.87. The summed E-state index contributed by atoms with van der Waals surface area (Å²) in [6.07, 6.45) is 3.97. The molecular weight excluding hydrogens is 352 g/mol. The van der Waals surface area contributed by atoms with Gasteiger partial charge in [-0.1, -0.05) is 18.2 Å². The largest absolute Gasteiger partial charge is 0.457 e. The van der Waals surface area contributed by atoms with Crippen molar-refractivity contribution in [1.82, 2.24) is 9.80 Å². The Morgan fingerprint density at radius 1 is 1.15 bits per heavy atom. The number of benzene rings is 1. The maximum atomic E-state index is 12.4. The summed E-state index contributed by atoms with van der Waals surface area (Å²) in [7, 11) is -2.87. The van der Waals surface area contributed by atoms with Crippen molar-refractivity contribution in [3.63, 3.8) is 0 Å². The molecule has 3 heterocycles. The summed E-state index contributed by atoms with van der Waals surface area (Å²) in [6, 6.07) is 9.77. The van der Waals surface area contributed by atoms with Crippen molar-refractivity contribution in [2.24, 2.45) is 0 Å². The molecule has 2 aliphatic heterocycles. The van der Waals surface area contributed by atoms with Crippen LogP contribution in [0, 0.1) is 0 Å². The number of amides is 1. The van der Waals surface area contributed by atoms with E-state index in [4.69, 9.17) is 4.42 Å². The molecule has 7 heteroatoms. The molecule has 1 aromatic carbocycles. The van der Waals surface area contributed by atoms with Gasteiger partial charge in [-0.15, -0.1) is 0 Å². The predicted molar refractivity (Wildman–Crippen MR) is 100 cm³/mol. The molecule has 2 fully saturated rings. The molecule has 0 saturated carbocycles. The van der Waals surface area contributed by atoms with Gasteiger partial charge in [-0.25, -0.2) is 8.42 Å². The van der Waals surface area contributed by atoms with Gasteiger partial charge < -0.3 is 9.32 Å². The van der Waals surface area contributed by atoms with Gasteiger partial charge in [-0.2, -0.15) is 0 Å². The molecule has 138 valence electrons. The number of nitrogens with zero attached hydrogens (tertiary/aromatic N) is 2. The van der Waals surface area contributed by atoms with Crippen LogP contribution in [0.3, 0.4) is 0 Å². The average Bonchev–Trinajstić information content (AvgIpc) is 3.22. The number of piperazine rings is 1. The maximum absolute atomic E-state index is 12.4. The first-order chi connectivity index (χ1) is 12.5. The lowest BCUT2D eigenvalue weighted by Gasteiger charge is -2.37. The first kappa shape index (κ1) is 17.3. The van der Waals surface area contributed by atoms with E-state index in [-0.39, 0.29) is 23.5 Å². The number of sulfone groups is 1. The van der Waals surface area contributed by atoms with E-state index in [1.165, 1.54) is 0 Å². The molecule has 0 radical (unpaired) electrons. The summed E-state index contributed by atoms with van der Waals surface area (Å²) in [5, 5.41) is 1.01. The molecule has 0 bridgehead atoms. The molecule has 0 aliphatic carbocycles. The van der Waals surface area contributed by atoms with Gasteiger partial charge in [0.2, 0.25) is 5.91 Å². The van der Waals surface area contributed by atoms with Crippen LogP contribution in [-0.4, -0.2) is 67.9 Å². The molecule has 2 aromatic rings. The molecule has 1 unspecified atom stereocenters. The maximum Gasteiger partial charge on any atom is 0.246 e. The molecule has 1 aromatic heterocycles. The van der Waals surface area contributed by atoms with Crippen molar-refractivity contribution in [1.29, 1.82) is 0 Å². The molecule has 2 saturated heterocycles. The predicted octanol–water partition coefficient (Wildman–Crippen LogP) is 1.78. The van der Waals surface area contributed by atoms with Gasteiger partial charge in [-0.05, 0) is 24.6 Å². The lowest BCUT2D eigenvalue weighted by Crippen LogP contribution is -2.52. The van der Waals surface area contributed by atoms with Crippen molar-refractivity contribution in [2.75, 3.05) is 37.7 Å². The van der Waals surface area contributed by atoms with Crippen LogP contribution in [0.25, 0.3) is 17.0 Å². The molecule has 6 nitrogen and oxygen atoms in total.